The topological polar surface area (TPSA) is 25.8 Å². The molecule has 0 amide bonds. The molecule has 1 saturated carbocycles. The van der Waals surface area contributed by atoms with Crippen molar-refractivity contribution in [2.45, 2.75) is 135 Å². The summed E-state index contributed by atoms with van der Waals surface area (Å²) in [6.07, 6.45) is 27.0. The second-order valence-corrected chi connectivity index (χ2v) is 10.9. The lowest BCUT2D eigenvalue weighted by atomic mass is 9.76. The van der Waals surface area contributed by atoms with E-state index in [1.54, 1.807) is 6.07 Å². The smallest absolute Gasteiger partial charge is 0.159 e. The molecule has 35 heavy (non-hydrogen) atoms. The Morgan fingerprint density at radius 3 is 1.97 bits per heavy atom. The molecule has 0 N–H and O–H groups in total. The van der Waals surface area contributed by atoms with Gasteiger partial charge in [0.1, 0.15) is 5.82 Å². The van der Waals surface area contributed by atoms with Crippen LogP contribution in [0.3, 0.4) is 0 Å². The molecule has 0 saturated heterocycles. The van der Waals surface area contributed by atoms with Crippen LogP contribution in [0.2, 0.25) is 0 Å². The number of benzene rings is 1. The normalized spacial score (nSPS) is 18.1. The fourth-order valence-electron chi connectivity index (χ4n) is 5.72. The second-order valence-electron chi connectivity index (χ2n) is 10.9. The predicted molar refractivity (Wildman–Crippen MR) is 147 cm³/mol. The van der Waals surface area contributed by atoms with Crippen molar-refractivity contribution in [3.8, 4) is 11.4 Å². The molecule has 0 spiro atoms. The van der Waals surface area contributed by atoms with Gasteiger partial charge in [-0.2, -0.15) is 0 Å². The van der Waals surface area contributed by atoms with Crippen molar-refractivity contribution in [1.82, 2.24) is 9.97 Å². The maximum absolute atomic E-state index is 15.1. The molecule has 194 valence electrons. The first-order valence-corrected chi connectivity index (χ1v) is 14.8. The van der Waals surface area contributed by atoms with Crippen LogP contribution in [0, 0.1) is 11.7 Å². The lowest BCUT2D eigenvalue weighted by Gasteiger charge is -2.29. The van der Waals surface area contributed by atoms with Gasteiger partial charge >= 0.3 is 0 Å². The highest BCUT2D eigenvalue weighted by Crippen LogP contribution is 2.39. The number of hydrogen-bond acceptors (Lipinski definition) is 2. The van der Waals surface area contributed by atoms with Crippen LogP contribution in [0.1, 0.15) is 140 Å². The van der Waals surface area contributed by atoms with Crippen molar-refractivity contribution >= 4 is 0 Å². The molecule has 1 fully saturated rings. The molecule has 0 bridgehead atoms. The van der Waals surface area contributed by atoms with Gasteiger partial charge < -0.3 is 0 Å². The zero-order valence-corrected chi connectivity index (χ0v) is 22.5. The molecule has 3 heteroatoms. The van der Waals surface area contributed by atoms with E-state index in [1.807, 2.05) is 24.5 Å². The van der Waals surface area contributed by atoms with Crippen LogP contribution in [0.25, 0.3) is 11.4 Å². The van der Waals surface area contributed by atoms with Gasteiger partial charge in [0, 0.05) is 18.0 Å². The van der Waals surface area contributed by atoms with Crippen molar-refractivity contribution in [2.24, 2.45) is 5.92 Å². The van der Waals surface area contributed by atoms with Crippen LogP contribution in [0.4, 0.5) is 4.39 Å². The standard InChI is InChI=1S/C32H49FN2/c1-3-5-7-9-11-13-15-26-17-19-28(20-18-26)30-22-21-29(23-31(30)33)32-34-24-27(25-35-32)16-14-12-10-8-6-4-2/h21-26,28H,3-20H2,1-2H3. The zero-order valence-electron chi connectivity index (χ0n) is 22.5. The number of aryl methyl sites for hydroxylation is 1. The molecule has 0 unspecified atom stereocenters. The van der Waals surface area contributed by atoms with E-state index < -0.39 is 0 Å². The van der Waals surface area contributed by atoms with Gasteiger partial charge in [-0.25, -0.2) is 14.4 Å². The van der Waals surface area contributed by atoms with Gasteiger partial charge in [-0.1, -0.05) is 103 Å². The Hall–Kier alpha value is -1.77. The molecule has 1 heterocycles. The van der Waals surface area contributed by atoms with Gasteiger partial charge in [0.05, 0.1) is 0 Å². The van der Waals surface area contributed by atoms with Gasteiger partial charge in [-0.15, -0.1) is 0 Å². The Morgan fingerprint density at radius 2 is 1.34 bits per heavy atom. The van der Waals surface area contributed by atoms with Crippen LogP contribution in [-0.2, 0) is 6.42 Å². The summed E-state index contributed by atoms with van der Waals surface area (Å²) in [5.74, 6) is 1.76. The third kappa shape index (κ3) is 9.66. The predicted octanol–water partition coefficient (Wildman–Crippen LogP) is 10.2. The van der Waals surface area contributed by atoms with Crippen LogP contribution >= 0.6 is 0 Å². The highest BCUT2D eigenvalue weighted by molar-refractivity contribution is 5.55. The van der Waals surface area contributed by atoms with E-state index in [1.165, 1.54) is 102 Å². The van der Waals surface area contributed by atoms with E-state index in [-0.39, 0.29) is 5.82 Å². The molecule has 1 aromatic carbocycles. The van der Waals surface area contributed by atoms with E-state index in [9.17, 15) is 0 Å². The Labute approximate surface area is 214 Å². The number of rotatable bonds is 16. The summed E-state index contributed by atoms with van der Waals surface area (Å²) in [6, 6.07) is 5.67. The third-order valence-corrected chi connectivity index (χ3v) is 8.04. The average Bonchev–Trinajstić information content (AvgIpc) is 2.89. The second kappa shape index (κ2) is 16.1. The third-order valence-electron chi connectivity index (χ3n) is 8.04. The Balaban J connectivity index is 1.42. The Morgan fingerprint density at radius 1 is 0.743 bits per heavy atom. The van der Waals surface area contributed by atoms with E-state index in [0.29, 0.717) is 11.7 Å². The number of nitrogens with zero attached hydrogens (tertiary/aromatic N) is 2. The van der Waals surface area contributed by atoms with Gasteiger partial charge in [-0.05, 0) is 67.6 Å². The first-order valence-electron chi connectivity index (χ1n) is 14.8. The molecular weight excluding hydrogens is 431 g/mol. The zero-order chi connectivity index (χ0) is 24.7. The summed E-state index contributed by atoms with van der Waals surface area (Å²) < 4.78 is 15.1. The number of aromatic nitrogens is 2. The van der Waals surface area contributed by atoms with Crippen LogP contribution in [-0.4, -0.2) is 9.97 Å². The molecule has 1 aliphatic carbocycles. The monoisotopic (exact) mass is 480 g/mol. The first-order chi connectivity index (χ1) is 17.2. The fraction of sp³-hybridized carbons (Fsp3) is 0.688. The van der Waals surface area contributed by atoms with Gasteiger partial charge in [0.25, 0.3) is 0 Å². The Bertz CT molecular complexity index is 824. The highest BCUT2D eigenvalue weighted by atomic mass is 19.1. The van der Waals surface area contributed by atoms with Crippen LogP contribution in [0.5, 0.6) is 0 Å². The number of hydrogen-bond donors (Lipinski definition) is 0. The lowest BCUT2D eigenvalue weighted by molar-refractivity contribution is 0.298. The van der Waals surface area contributed by atoms with E-state index in [4.69, 9.17) is 0 Å². The minimum Gasteiger partial charge on any atom is -0.236 e. The summed E-state index contributed by atoms with van der Waals surface area (Å²) in [7, 11) is 0. The minimum atomic E-state index is -0.0818. The molecule has 0 radical (unpaired) electrons. The number of unbranched alkanes of at least 4 members (excludes halogenated alkanes) is 10. The van der Waals surface area contributed by atoms with Crippen molar-refractivity contribution in [3.05, 3.63) is 47.5 Å². The molecule has 2 nitrogen and oxygen atoms in total. The molecule has 0 atom stereocenters. The maximum Gasteiger partial charge on any atom is 0.159 e. The molecule has 1 aliphatic rings. The van der Waals surface area contributed by atoms with Gasteiger partial charge in [0.2, 0.25) is 0 Å². The fourth-order valence-corrected chi connectivity index (χ4v) is 5.72. The molecule has 2 aromatic rings. The van der Waals surface area contributed by atoms with E-state index in [2.05, 4.69) is 23.8 Å². The van der Waals surface area contributed by atoms with Gasteiger partial charge in [-0.3, -0.25) is 0 Å². The molecule has 1 aromatic heterocycles. The Kier molecular flexibility index (Phi) is 12.8. The van der Waals surface area contributed by atoms with E-state index >= 15 is 4.39 Å². The summed E-state index contributed by atoms with van der Waals surface area (Å²) in [5, 5.41) is 0. The molecule has 3 rings (SSSR count). The lowest BCUT2D eigenvalue weighted by Crippen LogP contribution is -2.14. The van der Waals surface area contributed by atoms with Crippen molar-refractivity contribution < 1.29 is 4.39 Å². The van der Waals surface area contributed by atoms with Gasteiger partial charge in [0.15, 0.2) is 5.82 Å². The summed E-state index contributed by atoms with van der Waals surface area (Å²) in [6.45, 7) is 4.53. The summed E-state index contributed by atoms with van der Waals surface area (Å²) in [5.41, 5.74) is 2.86. The average molecular weight is 481 g/mol. The SMILES string of the molecule is CCCCCCCCc1cnc(-c2ccc(C3CCC(CCCCCCCC)CC3)c(F)c2)nc1. The van der Waals surface area contributed by atoms with Crippen molar-refractivity contribution in [2.75, 3.05) is 0 Å². The van der Waals surface area contributed by atoms with E-state index in [0.717, 1.165) is 36.3 Å². The summed E-state index contributed by atoms with van der Waals surface area (Å²) in [4.78, 5) is 9.09. The summed E-state index contributed by atoms with van der Waals surface area (Å²) >= 11 is 0. The molecule has 0 aliphatic heterocycles. The van der Waals surface area contributed by atoms with Crippen LogP contribution in [0.15, 0.2) is 30.6 Å². The van der Waals surface area contributed by atoms with Crippen molar-refractivity contribution in [3.63, 3.8) is 0 Å². The van der Waals surface area contributed by atoms with Crippen molar-refractivity contribution in [1.29, 1.82) is 0 Å². The van der Waals surface area contributed by atoms with Crippen LogP contribution < -0.4 is 0 Å². The first kappa shape index (κ1) is 27.8. The largest absolute Gasteiger partial charge is 0.236 e. The quantitative estimate of drug-likeness (QED) is 0.223. The minimum absolute atomic E-state index is 0.0818. The molecular formula is C32H49FN2. The highest BCUT2D eigenvalue weighted by Gasteiger charge is 2.24. The maximum atomic E-state index is 15.1. The number of halogens is 1.